The van der Waals surface area contributed by atoms with E-state index < -0.39 is 0 Å². The molecule has 1 aromatic rings. The van der Waals surface area contributed by atoms with Crippen molar-refractivity contribution in [3.63, 3.8) is 0 Å². The van der Waals surface area contributed by atoms with Crippen LogP contribution in [0.5, 0.6) is 0 Å². The first-order chi connectivity index (χ1) is 6.27. The lowest BCUT2D eigenvalue weighted by atomic mass is 10.0. The fourth-order valence-electron chi connectivity index (χ4n) is 1.56. The molecule has 2 rings (SSSR count). The molecule has 3 heteroatoms. The van der Waals surface area contributed by atoms with Gasteiger partial charge in [0.1, 0.15) is 6.10 Å². The van der Waals surface area contributed by atoms with Crippen molar-refractivity contribution < 1.29 is 9.53 Å². The Morgan fingerprint density at radius 2 is 2.46 bits per heavy atom. The van der Waals surface area contributed by atoms with Crippen LogP contribution in [0.25, 0.3) is 0 Å². The van der Waals surface area contributed by atoms with Gasteiger partial charge in [0, 0.05) is 24.4 Å². The summed E-state index contributed by atoms with van der Waals surface area (Å²) in [4.78, 5) is 14.9. The highest BCUT2D eigenvalue weighted by Gasteiger charge is 2.25. The molecule has 68 valence electrons. The van der Waals surface area contributed by atoms with Gasteiger partial charge < -0.3 is 4.74 Å². The normalized spacial score (nSPS) is 21.6. The van der Waals surface area contributed by atoms with E-state index >= 15 is 0 Å². The molecule has 0 amide bonds. The summed E-state index contributed by atoms with van der Waals surface area (Å²) in [5.41, 5.74) is 2.17. The summed E-state index contributed by atoms with van der Waals surface area (Å²) in [6, 6.07) is 1.93. The summed E-state index contributed by atoms with van der Waals surface area (Å²) in [5, 5.41) is 0. The second-order valence-electron chi connectivity index (χ2n) is 3.25. The first kappa shape index (κ1) is 8.23. The molecule has 1 aliphatic rings. The first-order valence-electron chi connectivity index (χ1n) is 4.37. The maximum Gasteiger partial charge on any atom is 0.306 e. The van der Waals surface area contributed by atoms with Gasteiger partial charge in [-0.15, -0.1) is 0 Å². The molecular weight excluding hydrogens is 166 g/mol. The van der Waals surface area contributed by atoms with Gasteiger partial charge in [-0.05, 0) is 25.0 Å². The van der Waals surface area contributed by atoms with Gasteiger partial charge in [-0.3, -0.25) is 9.78 Å². The number of carbonyl (C=O) groups excluding carboxylic acids is 1. The Kier molecular flexibility index (Phi) is 2.00. The number of aryl methyl sites for hydroxylation is 1. The number of esters is 1. The number of nitrogens with zero attached hydrogens (tertiary/aromatic N) is 1. The molecule has 0 saturated carbocycles. The molecule has 1 unspecified atom stereocenters. The maximum atomic E-state index is 10.9. The van der Waals surface area contributed by atoms with Crippen molar-refractivity contribution in [1.82, 2.24) is 4.98 Å². The van der Waals surface area contributed by atoms with Crippen LogP contribution < -0.4 is 0 Å². The minimum absolute atomic E-state index is 0.0683. The summed E-state index contributed by atoms with van der Waals surface area (Å²) in [7, 11) is 0. The van der Waals surface area contributed by atoms with Gasteiger partial charge in [0.2, 0.25) is 0 Å². The van der Waals surface area contributed by atoms with E-state index in [0.29, 0.717) is 6.42 Å². The van der Waals surface area contributed by atoms with Crippen LogP contribution >= 0.6 is 0 Å². The molecule has 0 aliphatic carbocycles. The van der Waals surface area contributed by atoms with Crippen molar-refractivity contribution >= 4 is 5.97 Å². The van der Waals surface area contributed by atoms with Crippen LogP contribution in [-0.2, 0) is 9.53 Å². The zero-order valence-corrected chi connectivity index (χ0v) is 7.49. The summed E-state index contributed by atoms with van der Waals surface area (Å²) >= 11 is 0. The van der Waals surface area contributed by atoms with Crippen LogP contribution in [0.3, 0.4) is 0 Å². The molecule has 3 nitrogen and oxygen atoms in total. The Labute approximate surface area is 76.7 Å². The number of carbonyl (C=O) groups is 1. The lowest BCUT2D eigenvalue weighted by Gasteiger charge is -2.10. The fourth-order valence-corrected chi connectivity index (χ4v) is 1.56. The lowest BCUT2D eigenvalue weighted by Crippen LogP contribution is -2.01. The Bertz CT molecular complexity index is 335. The lowest BCUT2D eigenvalue weighted by molar-refractivity contribution is -0.141. The number of hydrogen-bond acceptors (Lipinski definition) is 3. The highest BCUT2D eigenvalue weighted by molar-refractivity contribution is 5.71. The second-order valence-corrected chi connectivity index (χ2v) is 3.25. The van der Waals surface area contributed by atoms with Crippen molar-refractivity contribution in [1.29, 1.82) is 0 Å². The summed E-state index contributed by atoms with van der Waals surface area (Å²) in [6.45, 7) is 2.00. The van der Waals surface area contributed by atoms with E-state index in [1.165, 1.54) is 0 Å². The van der Waals surface area contributed by atoms with Crippen molar-refractivity contribution in [2.75, 3.05) is 0 Å². The summed E-state index contributed by atoms with van der Waals surface area (Å²) in [5.74, 6) is -0.103. The topological polar surface area (TPSA) is 39.2 Å². The van der Waals surface area contributed by atoms with Crippen molar-refractivity contribution in [3.05, 3.63) is 29.6 Å². The molecule has 1 aliphatic heterocycles. The van der Waals surface area contributed by atoms with Gasteiger partial charge in [0.25, 0.3) is 0 Å². The smallest absolute Gasteiger partial charge is 0.306 e. The maximum absolute atomic E-state index is 10.9. The third kappa shape index (κ3) is 1.54. The van der Waals surface area contributed by atoms with Gasteiger partial charge in [0.05, 0.1) is 0 Å². The molecule has 1 aromatic heterocycles. The SMILES string of the molecule is Cc1ccncc1C1CCC(=O)O1. The molecule has 0 radical (unpaired) electrons. The summed E-state index contributed by atoms with van der Waals surface area (Å²) < 4.78 is 5.15. The van der Waals surface area contributed by atoms with Gasteiger partial charge in [-0.1, -0.05) is 0 Å². The summed E-state index contributed by atoms with van der Waals surface area (Å²) in [6.07, 6.45) is 4.76. The number of pyridine rings is 1. The largest absolute Gasteiger partial charge is 0.457 e. The van der Waals surface area contributed by atoms with E-state index in [0.717, 1.165) is 17.5 Å². The van der Waals surface area contributed by atoms with Gasteiger partial charge in [-0.2, -0.15) is 0 Å². The Morgan fingerprint density at radius 1 is 1.62 bits per heavy atom. The third-order valence-corrected chi connectivity index (χ3v) is 2.31. The van der Waals surface area contributed by atoms with E-state index in [4.69, 9.17) is 4.74 Å². The fraction of sp³-hybridized carbons (Fsp3) is 0.400. The third-order valence-electron chi connectivity index (χ3n) is 2.31. The highest BCUT2D eigenvalue weighted by atomic mass is 16.5. The average molecular weight is 177 g/mol. The molecular formula is C10H11NO2. The molecule has 13 heavy (non-hydrogen) atoms. The predicted molar refractivity (Wildman–Crippen MR) is 47.0 cm³/mol. The van der Waals surface area contributed by atoms with Crippen molar-refractivity contribution in [2.45, 2.75) is 25.9 Å². The van der Waals surface area contributed by atoms with Crippen molar-refractivity contribution in [3.8, 4) is 0 Å². The molecule has 0 bridgehead atoms. The molecule has 1 saturated heterocycles. The quantitative estimate of drug-likeness (QED) is 0.613. The van der Waals surface area contributed by atoms with Gasteiger partial charge >= 0.3 is 5.97 Å². The number of cyclic esters (lactones) is 1. The minimum Gasteiger partial charge on any atom is -0.457 e. The van der Waals surface area contributed by atoms with Gasteiger partial charge in [0.15, 0.2) is 0 Å². The van der Waals surface area contributed by atoms with Gasteiger partial charge in [-0.25, -0.2) is 0 Å². The number of ether oxygens (including phenoxy) is 1. The van der Waals surface area contributed by atoms with Crippen LogP contribution in [0.2, 0.25) is 0 Å². The zero-order valence-electron chi connectivity index (χ0n) is 7.49. The molecule has 1 fully saturated rings. The van der Waals surface area contributed by atoms with Crippen molar-refractivity contribution in [2.24, 2.45) is 0 Å². The van der Waals surface area contributed by atoms with Crippen LogP contribution in [0.1, 0.15) is 30.1 Å². The van der Waals surface area contributed by atoms with E-state index in [9.17, 15) is 4.79 Å². The monoisotopic (exact) mass is 177 g/mol. The van der Waals surface area contributed by atoms with E-state index in [2.05, 4.69) is 4.98 Å². The molecule has 0 N–H and O–H groups in total. The molecule has 0 aromatic carbocycles. The second kappa shape index (κ2) is 3.17. The van der Waals surface area contributed by atoms with Crippen LogP contribution in [-0.4, -0.2) is 11.0 Å². The van der Waals surface area contributed by atoms with Crippen LogP contribution in [0.15, 0.2) is 18.5 Å². The molecule has 1 atom stereocenters. The van der Waals surface area contributed by atoms with Crippen LogP contribution in [0, 0.1) is 6.92 Å². The number of rotatable bonds is 1. The predicted octanol–water partition coefficient (Wildman–Crippen LogP) is 1.77. The highest BCUT2D eigenvalue weighted by Crippen LogP contribution is 2.30. The Balaban J connectivity index is 2.26. The van der Waals surface area contributed by atoms with E-state index in [1.54, 1.807) is 12.4 Å². The Morgan fingerprint density at radius 3 is 3.08 bits per heavy atom. The van der Waals surface area contributed by atoms with Crippen LogP contribution in [0.4, 0.5) is 0 Å². The van der Waals surface area contributed by atoms with E-state index in [-0.39, 0.29) is 12.1 Å². The first-order valence-corrected chi connectivity index (χ1v) is 4.37. The number of aromatic nitrogens is 1. The standard InChI is InChI=1S/C10H11NO2/c1-7-4-5-11-6-8(7)9-2-3-10(12)13-9/h4-6,9H,2-3H2,1H3. The zero-order chi connectivity index (χ0) is 9.26. The minimum atomic E-state index is -0.103. The molecule has 2 heterocycles. The Hall–Kier alpha value is -1.38. The average Bonchev–Trinajstić information content (AvgIpc) is 2.53. The number of hydrogen-bond donors (Lipinski definition) is 0. The molecule has 0 spiro atoms. The van der Waals surface area contributed by atoms with E-state index in [1.807, 2.05) is 13.0 Å².